The summed E-state index contributed by atoms with van der Waals surface area (Å²) in [6.45, 7) is 3.46. The minimum absolute atomic E-state index is 0.675. The molecule has 0 spiro atoms. The summed E-state index contributed by atoms with van der Waals surface area (Å²) < 4.78 is 0. The van der Waals surface area contributed by atoms with Crippen molar-refractivity contribution in [2.75, 3.05) is 6.54 Å². The van der Waals surface area contributed by atoms with E-state index in [0.717, 1.165) is 0 Å². The monoisotopic (exact) mass is 177 g/mol. The van der Waals surface area contributed by atoms with Gasteiger partial charge < -0.3 is 5.32 Å². The molecule has 72 valence electrons. The van der Waals surface area contributed by atoms with Gasteiger partial charge in [0.15, 0.2) is 0 Å². The molecule has 0 aromatic heterocycles. The third-order valence-electron chi connectivity index (χ3n) is 3.01. The van der Waals surface area contributed by atoms with Crippen molar-refractivity contribution < 1.29 is 0 Å². The Hall–Kier alpha value is -0.560. The van der Waals surface area contributed by atoms with Crippen LogP contribution in [0.5, 0.6) is 0 Å². The highest BCUT2D eigenvalue weighted by Gasteiger charge is 2.19. The standard InChI is InChI=1S/C12H19N/c1-2-4-10-6-7-12-11(9-10)5-3-8-13-12/h6,9,12-13H,2-5,7-8H2,1H3. The molecule has 1 aliphatic carbocycles. The fourth-order valence-electron chi connectivity index (χ4n) is 2.31. The van der Waals surface area contributed by atoms with Gasteiger partial charge in [-0.2, -0.15) is 0 Å². The van der Waals surface area contributed by atoms with Crippen LogP contribution in [0.25, 0.3) is 0 Å². The molecule has 13 heavy (non-hydrogen) atoms. The smallest absolute Gasteiger partial charge is 0.0317 e. The van der Waals surface area contributed by atoms with E-state index in [1.807, 2.05) is 0 Å². The summed E-state index contributed by atoms with van der Waals surface area (Å²) in [5, 5.41) is 3.57. The van der Waals surface area contributed by atoms with Crippen LogP contribution >= 0.6 is 0 Å². The summed E-state index contributed by atoms with van der Waals surface area (Å²) in [5.41, 5.74) is 3.22. The van der Waals surface area contributed by atoms with Crippen LogP contribution in [-0.2, 0) is 0 Å². The molecule has 1 N–H and O–H groups in total. The molecular weight excluding hydrogens is 158 g/mol. The molecule has 0 radical (unpaired) electrons. The lowest BCUT2D eigenvalue weighted by Crippen LogP contribution is -2.36. The van der Waals surface area contributed by atoms with Gasteiger partial charge in [-0.25, -0.2) is 0 Å². The molecule has 1 saturated heterocycles. The van der Waals surface area contributed by atoms with Crippen LogP contribution in [0.2, 0.25) is 0 Å². The Bertz CT molecular complexity index is 238. The van der Waals surface area contributed by atoms with Crippen molar-refractivity contribution >= 4 is 0 Å². The molecule has 1 aliphatic heterocycles. The van der Waals surface area contributed by atoms with Gasteiger partial charge in [-0.15, -0.1) is 0 Å². The van der Waals surface area contributed by atoms with E-state index < -0.39 is 0 Å². The van der Waals surface area contributed by atoms with Crippen molar-refractivity contribution in [1.82, 2.24) is 5.32 Å². The first kappa shape index (κ1) is 9.01. The van der Waals surface area contributed by atoms with Crippen molar-refractivity contribution in [3.63, 3.8) is 0 Å². The highest BCUT2D eigenvalue weighted by atomic mass is 14.9. The van der Waals surface area contributed by atoms with E-state index in [1.54, 1.807) is 11.1 Å². The van der Waals surface area contributed by atoms with Crippen LogP contribution in [0, 0.1) is 0 Å². The van der Waals surface area contributed by atoms with Crippen LogP contribution in [-0.4, -0.2) is 12.6 Å². The topological polar surface area (TPSA) is 12.0 Å². The summed E-state index contributed by atoms with van der Waals surface area (Å²) in [6.07, 6.45) is 11.2. The number of fused-ring (bicyclic) bond motifs is 1. The van der Waals surface area contributed by atoms with Crippen molar-refractivity contribution in [3.05, 3.63) is 23.3 Å². The van der Waals surface area contributed by atoms with Crippen LogP contribution in [0.4, 0.5) is 0 Å². The van der Waals surface area contributed by atoms with E-state index in [-0.39, 0.29) is 0 Å². The number of piperidine rings is 1. The van der Waals surface area contributed by atoms with Crippen molar-refractivity contribution in [3.8, 4) is 0 Å². The Kier molecular flexibility index (Phi) is 2.84. The van der Waals surface area contributed by atoms with Crippen molar-refractivity contribution in [1.29, 1.82) is 0 Å². The summed E-state index contributed by atoms with van der Waals surface area (Å²) in [5.74, 6) is 0. The number of nitrogens with one attached hydrogen (secondary N) is 1. The van der Waals surface area contributed by atoms with E-state index in [0.29, 0.717) is 6.04 Å². The lowest BCUT2D eigenvalue weighted by molar-refractivity contribution is 0.487. The number of allylic oxidation sites excluding steroid dienone is 2. The molecule has 0 saturated carbocycles. The fraction of sp³-hybridized carbons (Fsp3) is 0.667. The highest BCUT2D eigenvalue weighted by Crippen LogP contribution is 2.26. The molecule has 0 bridgehead atoms. The molecule has 1 atom stereocenters. The second-order valence-corrected chi connectivity index (χ2v) is 4.09. The minimum Gasteiger partial charge on any atom is -0.310 e. The van der Waals surface area contributed by atoms with E-state index in [4.69, 9.17) is 0 Å². The van der Waals surface area contributed by atoms with Gasteiger partial charge in [0.2, 0.25) is 0 Å². The third-order valence-corrected chi connectivity index (χ3v) is 3.01. The van der Waals surface area contributed by atoms with Gasteiger partial charge in [-0.3, -0.25) is 0 Å². The second kappa shape index (κ2) is 4.10. The molecule has 0 amide bonds. The maximum Gasteiger partial charge on any atom is 0.0317 e. The first-order valence-electron chi connectivity index (χ1n) is 5.53. The molecule has 0 aromatic carbocycles. The normalized spacial score (nSPS) is 27.6. The zero-order valence-corrected chi connectivity index (χ0v) is 8.47. The highest BCUT2D eigenvalue weighted by molar-refractivity contribution is 5.32. The molecule has 1 fully saturated rings. The fourth-order valence-corrected chi connectivity index (χ4v) is 2.31. The zero-order valence-electron chi connectivity index (χ0n) is 8.47. The molecule has 1 heterocycles. The molecule has 1 heteroatoms. The summed E-state index contributed by atoms with van der Waals surface area (Å²) in [6, 6.07) is 0.675. The summed E-state index contributed by atoms with van der Waals surface area (Å²) in [4.78, 5) is 0. The van der Waals surface area contributed by atoms with Crippen LogP contribution in [0.15, 0.2) is 23.3 Å². The SMILES string of the molecule is CCCC1=CCC2NCCCC2=C1. The lowest BCUT2D eigenvalue weighted by atomic mass is 9.87. The second-order valence-electron chi connectivity index (χ2n) is 4.09. The largest absolute Gasteiger partial charge is 0.310 e. The first-order valence-corrected chi connectivity index (χ1v) is 5.53. The molecule has 2 rings (SSSR count). The van der Waals surface area contributed by atoms with Gasteiger partial charge in [0, 0.05) is 6.04 Å². The maximum atomic E-state index is 3.57. The Labute approximate surface area is 80.9 Å². The Morgan fingerprint density at radius 2 is 2.46 bits per heavy atom. The van der Waals surface area contributed by atoms with E-state index in [9.17, 15) is 0 Å². The average molecular weight is 177 g/mol. The van der Waals surface area contributed by atoms with E-state index in [1.165, 1.54) is 38.6 Å². The summed E-state index contributed by atoms with van der Waals surface area (Å²) >= 11 is 0. The van der Waals surface area contributed by atoms with Gasteiger partial charge >= 0.3 is 0 Å². The number of rotatable bonds is 2. The Morgan fingerprint density at radius 1 is 1.54 bits per heavy atom. The molecule has 1 unspecified atom stereocenters. The zero-order chi connectivity index (χ0) is 9.10. The number of hydrogen-bond donors (Lipinski definition) is 1. The molecular formula is C12H19N. The molecule has 1 nitrogen and oxygen atoms in total. The molecule has 2 aliphatic rings. The lowest BCUT2D eigenvalue weighted by Gasteiger charge is -2.29. The predicted octanol–water partition coefficient (Wildman–Crippen LogP) is 2.80. The first-order chi connectivity index (χ1) is 6.40. The van der Waals surface area contributed by atoms with E-state index >= 15 is 0 Å². The van der Waals surface area contributed by atoms with Gasteiger partial charge in [0.05, 0.1) is 0 Å². The van der Waals surface area contributed by atoms with Crippen molar-refractivity contribution in [2.45, 2.75) is 45.1 Å². The summed E-state index contributed by atoms with van der Waals surface area (Å²) in [7, 11) is 0. The van der Waals surface area contributed by atoms with E-state index in [2.05, 4.69) is 24.4 Å². The Morgan fingerprint density at radius 3 is 3.31 bits per heavy atom. The van der Waals surface area contributed by atoms with Crippen LogP contribution in [0.3, 0.4) is 0 Å². The van der Waals surface area contributed by atoms with Crippen LogP contribution < -0.4 is 5.32 Å². The minimum atomic E-state index is 0.675. The van der Waals surface area contributed by atoms with Crippen molar-refractivity contribution in [2.24, 2.45) is 0 Å². The third kappa shape index (κ3) is 2.02. The number of hydrogen-bond acceptors (Lipinski definition) is 1. The molecule has 0 aromatic rings. The maximum absolute atomic E-state index is 3.57. The van der Waals surface area contributed by atoms with Gasteiger partial charge in [-0.05, 0) is 32.2 Å². The quantitative estimate of drug-likeness (QED) is 0.684. The average Bonchev–Trinajstić information content (AvgIpc) is 2.18. The van der Waals surface area contributed by atoms with Gasteiger partial charge in [0.1, 0.15) is 0 Å². The Balaban J connectivity index is 2.05. The van der Waals surface area contributed by atoms with Gasteiger partial charge in [-0.1, -0.05) is 36.6 Å². The van der Waals surface area contributed by atoms with Gasteiger partial charge in [0.25, 0.3) is 0 Å². The predicted molar refractivity (Wildman–Crippen MR) is 56.7 cm³/mol. The van der Waals surface area contributed by atoms with Crippen LogP contribution in [0.1, 0.15) is 39.0 Å².